The van der Waals surface area contributed by atoms with Crippen molar-refractivity contribution in [1.29, 1.82) is 0 Å². The van der Waals surface area contributed by atoms with Gasteiger partial charge in [0, 0.05) is 20.1 Å². The summed E-state index contributed by atoms with van der Waals surface area (Å²) in [6.07, 6.45) is 1.06. The smallest absolute Gasteiger partial charge is 0.236 e. The van der Waals surface area contributed by atoms with Crippen molar-refractivity contribution >= 4 is 5.91 Å². The van der Waals surface area contributed by atoms with Crippen LogP contribution < -0.4 is 5.32 Å². The van der Waals surface area contributed by atoms with Crippen LogP contribution in [0.25, 0.3) is 0 Å². The largest absolute Gasteiger partial charge is 0.348 e. The van der Waals surface area contributed by atoms with E-state index in [1.165, 1.54) is 0 Å². The molecule has 0 aliphatic rings. The zero-order chi connectivity index (χ0) is 11.1. The van der Waals surface area contributed by atoms with Gasteiger partial charge in [-0.2, -0.15) is 0 Å². The Morgan fingerprint density at radius 3 is 2.29 bits per heavy atom. The van der Waals surface area contributed by atoms with E-state index in [1.54, 1.807) is 19.0 Å². The fourth-order valence-corrected chi connectivity index (χ4v) is 0.974. The van der Waals surface area contributed by atoms with Crippen LogP contribution >= 0.6 is 0 Å². The van der Waals surface area contributed by atoms with Gasteiger partial charge in [0.2, 0.25) is 5.91 Å². The van der Waals surface area contributed by atoms with Crippen LogP contribution in [-0.2, 0) is 4.79 Å². The van der Waals surface area contributed by atoms with E-state index in [4.69, 9.17) is 0 Å². The fraction of sp³-hybridized carbons (Fsp3) is 0.900. The molecule has 0 aliphatic heterocycles. The molecule has 0 radical (unpaired) electrons. The van der Waals surface area contributed by atoms with Crippen LogP contribution in [0.15, 0.2) is 0 Å². The second-order valence-electron chi connectivity index (χ2n) is 4.16. The standard InChI is InChI=1S/C10H23N3O/c1-9(6-7-12(2)3)11-8-10(14)13(4)5/h9,11H,6-8H2,1-5H3. The van der Waals surface area contributed by atoms with Crippen molar-refractivity contribution in [3.63, 3.8) is 0 Å². The average Bonchev–Trinajstić information content (AvgIpc) is 2.10. The number of amides is 1. The molecule has 0 rings (SSSR count). The molecular formula is C10H23N3O. The predicted octanol–water partition coefficient (Wildman–Crippen LogP) is 0.00440. The van der Waals surface area contributed by atoms with Crippen LogP contribution in [-0.4, -0.2) is 63.0 Å². The van der Waals surface area contributed by atoms with Gasteiger partial charge in [-0.3, -0.25) is 4.79 Å². The number of nitrogens with one attached hydrogen (secondary N) is 1. The first-order valence-corrected chi connectivity index (χ1v) is 5.01. The highest BCUT2D eigenvalue weighted by molar-refractivity contribution is 5.77. The summed E-state index contributed by atoms with van der Waals surface area (Å²) in [5.41, 5.74) is 0. The third kappa shape index (κ3) is 6.86. The lowest BCUT2D eigenvalue weighted by molar-refractivity contribution is -0.127. The molecule has 4 heteroatoms. The number of carbonyl (C=O) groups is 1. The third-order valence-electron chi connectivity index (χ3n) is 2.11. The minimum absolute atomic E-state index is 0.127. The van der Waals surface area contributed by atoms with E-state index in [0.29, 0.717) is 12.6 Å². The minimum atomic E-state index is 0.127. The first-order chi connectivity index (χ1) is 6.43. The highest BCUT2D eigenvalue weighted by Crippen LogP contribution is 1.91. The van der Waals surface area contributed by atoms with Gasteiger partial charge in [0.1, 0.15) is 0 Å². The Hall–Kier alpha value is -0.610. The van der Waals surface area contributed by atoms with E-state index in [0.717, 1.165) is 13.0 Å². The molecule has 0 bridgehead atoms. The van der Waals surface area contributed by atoms with Gasteiger partial charge in [-0.15, -0.1) is 0 Å². The lowest BCUT2D eigenvalue weighted by Gasteiger charge is -2.17. The van der Waals surface area contributed by atoms with E-state index in [1.807, 2.05) is 0 Å². The molecule has 0 aromatic heterocycles. The van der Waals surface area contributed by atoms with Gasteiger partial charge in [0.05, 0.1) is 6.54 Å². The van der Waals surface area contributed by atoms with Gasteiger partial charge in [-0.05, 0) is 34.0 Å². The van der Waals surface area contributed by atoms with Crippen LogP contribution in [0.4, 0.5) is 0 Å². The summed E-state index contributed by atoms with van der Waals surface area (Å²) in [5.74, 6) is 0.127. The first-order valence-electron chi connectivity index (χ1n) is 5.01. The second-order valence-corrected chi connectivity index (χ2v) is 4.16. The summed E-state index contributed by atoms with van der Waals surface area (Å²) in [6.45, 7) is 3.58. The van der Waals surface area contributed by atoms with Crippen molar-refractivity contribution < 1.29 is 4.79 Å². The maximum atomic E-state index is 11.2. The van der Waals surface area contributed by atoms with Crippen molar-refractivity contribution in [2.45, 2.75) is 19.4 Å². The van der Waals surface area contributed by atoms with Gasteiger partial charge >= 0.3 is 0 Å². The van der Waals surface area contributed by atoms with Gasteiger partial charge in [0.15, 0.2) is 0 Å². The fourth-order valence-electron chi connectivity index (χ4n) is 0.974. The molecule has 0 fully saturated rings. The molecule has 0 aromatic carbocycles. The third-order valence-corrected chi connectivity index (χ3v) is 2.11. The minimum Gasteiger partial charge on any atom is -0.348 e. The van der Waals surface area contributed by atoms with Crippen molar-refractivity contribution in [1.82, 2.24) is 15.1 Å². The lowest BCUT2D eigenvalue weighted by atomic mass is 10.2. The van der Waals surface area contributed by atoms with Crippen LogP contribution in [0.2, 0.25) is 0 Å². The number of likely N-dealkylation sites (N-methyl/N-ethyl adjacent to an activating group) is 1. The molecule has 0 heterocycles. The number of hydrogen-bond acceptors (Lipinski definition) is 3. The molecule has 4 nitrogen and oxygen atoms in total. The van der Waals surface area contributed by atoms with E-state index < -0.39 is 0 Å². The molecule has 1 N–H and O–H groups in total. The molecule has 84 valence electrons. The van der Waals surface area contributed by atoms with Crippen molar-refractivity contribution in [3.05, 3.63) is 0 Å². The van der Waals surface area contributed by atoms with Crippen LogP contribution in [0.1, 0.15) is 13.3 Å². The molecule has 1 amide bonds. The molecule has 1 atom stereocenters. The maximum Gasteiger partial charge on any atom is 0.236 e. The van der Waals surface area contributed by atoms with Gasteiger partial charge in [-0.25, -0.2) is 0 Å². The quantitative estimate of drug-likeness (QED) is 0.657. The summed E-state index contributed by atoms with van der Waals surface area (Å²) in [7, 11) is 7.65. The average molecular weight is 201 g/mol. The van der Waals surface area contributed by atoms with Crippen LogP contribution in [0.3, 0.4) is 0 Å². The summed E-state index contributed by atoms with van der Waals surface area (Å²) in [5, 5.41) is 3.20. The SMILES string of the molecule is CC(CCN(C)C)NCC(=O)N(C)C. The van der Waals surface area contributed by atoms with E-state index >= 15 is 0 Å². The summed E-state index contributed by atoms with van der Waals surface area (Å²) in [4.78, 5) is 15.0. The zero-order valence-corrected chi connectivity index (χ0v) is 10.0. The number of nitrogens with zero attached hydrogens (tertiary/aromatic N) is 2. The number of carbonyl (C=O) groups excluding carboxylic acids is 1. The Kier molecular flexibility index (Phi) is 6.49. The Bertz CT molecular complexity index is 169. The predicted molar refractivity (Wildman–Crippen MR) is 59.3 cm³/mol. The van der Waals surface area contributed by atoms with Gasteiger partial charge in [0.25, 0.3) is 0 Å². The van der Waals surface area contributed by atoms with E-state index in [2.05, 4.69) is 31.2 Å². The molecule has 1 unspecified atom stereocenters. The lowest BCUT2D eigenvalue weighted by Crippen LogP contribution is -2.38. The van der Waals surface area contributed by atoms with E-state index in [-0.39, 0.29) is 5.91 Å². The highest BCUT2D eigenvalue weighted by Gasteiger charge is 2.06. The topological polar surface area (TPSA) is 35.6 Å². The number of rotatable bonds is 6. The Labute approximate surface area is 87.3 Å². The van der Waals surface area contributed by atoms with Gasteiger partial charge < -0.3 is 15.1 Å². The maximum absolute atomic E-state index is 11.2. The second kappa shape index (κ2) is 6.79. The van der Waals surface area contributed by atoms with Crippen molar-refractivity contribution in [2.75, 3.05) is 41.3 Å². The Balaban J connectivity index is 3.53. The van der Waals surface area contributed by atoms with Crippen molar-refractivity contribution in [3.8, 4) is 0 Å². The molecule has 0 saturated heterocycles. The molecule has 0 saturated carbocycles. The monoisotopic (exact) mass is 201 g/mol. The Morgan fingerprint density at radius 1 is 1.29 bits per heavy atom. The summed E-state index contributed by atoms with van der Waals surface area (Å²) < 4.78 is 0. The van der Waals surface area contributed by atoms with E-state index in [9.17, 15) is 4.79 Å². The Morgan fingerprint density at radius 2 is 1.86 bits per heavy atom. The molecule has 0 aliphatic carbocycles. The normalized spacial score (nSPS) is 13.0. The molecule has 0 spiro atoms. The summed E-state index contributed by atoms with van der Waals surface area (Å²) >= 11 is 0. The molecular weight excluding hydrogens is 178 g/mol. The van der Waals surface area contributed by atoms with Crippen LogP contribution in [0.5, 0.6) is 0 Å². The van der Waals surface area contributed by atoms with Gasteiger partial charge in [-0.1, -0.05) is 0 Å². The summed E-state index contributed by atoms with van der Waals surface area (Å²) in [6, 6.07) is 0.390. The highest BCUT2D eigenvalue weighted by atomic mass is 16.2. The number of hydrogen-bond donors (Lipinski definition) is 1. The van der Waals surface area contributed by atoms with Crippen molar-refractivity contribution in [2.24, 2.45) is 0 Å². The zero-order valence-electron chi connectivity index (χ0n) is 10.0. The molecule has 14 heavy (non-hydrogen) atoms. The van der Waals surface area contributed by atoms with Crippen LogP contribution in [0, 0.1) is 0 Å². The molecule has 0 aromatic rings. The first kappa shape index (κ1) is 13.4.